The number of hydrogen-bond acceptors (Lipinski definition) is 5. The number of carbonyl (C=O) groups is 2. The number of hydrogen-bond donors (Lipinski definition) is 2. The van der Waals surface area contributed by atoms with E-state index in [0.717, 1.165) is 74.3 Å². The van der Waals surface area contributed by atoms with Gasteiger partial charge in [-0.25, -0.2) is 4.79 Å². The van der Waals surface area contributed by atoms with Crippen molar-refractivity contribution in [2.75, 3.05) is 52.4 Å². The number of carbonyl (C=O) groups excluding carboxylic acids is 2. The number of ether oxygens (including phenoxy) is 1. The standard InChI is InChI=1S/C12H15IN2O.C10H20N2O2/c13-11-4-2-10(3-5-11)12(16)15-8-1-6-14-7-9-15;1-10(2,3)14-9(13)12-7-4-5-11-6-8-12/h2-5,14H,1,6-9H2;11H,4-8H2,1-3H3. The lowest BCUT2D eigenvalue weighted by atomic mass is 10.2. The van der Waals surface area contributed by atoms with Crippen LogP contribution in [0.3, 0.4) is 0 Å². The molecular weight excluding hydrogens is 495 g/mol. The van der Waals surface area contributed by atoms with E-state index in [2.05, 4.69) is 33.2 Å². The quantitative estimate of drug-likeness (QED) is 0.547. The van der Waals surface area contributed by atoms with Gasteiger partial charge in [-0.1, -0.05) is 0 Å². The average Bonchev–Trinajstić information content (AvgIpc) is 3.13. The van der Waals surface area contributed by atoms with Crippen LogP contribution in [0.4, 0.5) is 4.79 Å². The number of benzene rings is 1. The molecule has 0 unspecified atom stereocenters. The molecule has 1 aromatic carbocycles. The maximum Gasteiger partial charge on any atom is 0.410 e. The SMILES string of the molecule is CC(C)(C)OC(=O)N1CCCNCC1.O=C(c1ccc(I)cc1)N1CCCNCC1. The molecule has 2 fully saturated rings. The van der Waals surface area contributed by atoms with Gasteiger partial charge in [0.1, 0.15) is 5.60 Å². The molecule has 0 saturated carbocycles. The Bertz CT molecular complexity index is 660. The highest BCUT2D eigenvalue weighted by atomic mass is 127. The van der Waals surface area contributed by atoms with Gasteiger partial charge in [0.15, 0.2) is 0 Å². The molecular formula is C22H35IN4O3. The highest BCUT2D eigenvalue weighted by molar-refractivity contribution is 14.1. The third kappa shape index (κ3) is 9.18. The van der Waals surface area contributed by atoms with Crippen LogP contribution >= 0.6 is 22.6 Å². The maximum absolute atomic E-state index is 12.2. The van der Waals surface area contributed by atoms with Gasteiger partial charge in [-0.05, 0) is 93.6 Å². The molecule has 2 N–H and O–H groups in total. The summed E-state index contributed by atoms with van der Waals surface area (Å²) in [6.45, 7) is 12.6. The van der Waals surface area contributed by atoms with Crippen molar-refractivity contribution in [3.8, 4) is 0 Å². The van der Waals surface area contributed by atoms with Crippen LogP contribution in [0.15, 0.2) is 24.3 Å². The predicted molar refractivity (Wildman–Crippen MR) is 128 cm³/mol. The minimum Gasteiger partial charge on any atom is -0.444 e. The van der Waals surface area contributed by atoms with Gasteiger partial charge in [0, 0.05) is 48.4 Å². The second-order valence-electron chi connectivity index (χ2n) is 8.47. The molecule has 1 aromatic rings. The Morgan fingerprint density at radius 1 is 0.867 bits per heavy atom. The minimum atomic E-state index is -0.392. The first kappa shape index (κ1) is 24.9. The summed E-state index contributed by atoms with van der Waals surface area (Å²) in [7, 11) is 0. The van der Waals surface area contributed by atoms with E-state index in [1.54, 1.807) is 4.90 Å². The second-order valence-corrected chi connectivity index (χ2v) is 9.72. The molecule has 0 radical (unpaired) electrons. The van der Waals surface area contributed by atoms with Gasteiger partial charge in [0.25, 0.3) is 5.91 Å². The molecule has 3 rings (SSSR count). The maximum atomic E-state index is 12.2. The molecule has 2 saturated heterocycles. The number of nitrogens with zero attached hydrogens (tertiary/aromatic N) is 2. The molecule has 30 heavy (non-hydrogen) atoms. The van der Waals surface area contributed by atoms with Gasteiger partial charge in [-0.3, -0.25) is 4.79 Å². The van der Waals surface area contributed by atoms with Crippen LogP contribution in [0.1, 0.15) is 44.0 Å². The fourth-order valence-electron chi connectivity index (χ4n) is 3.18. The van der Waals surface area contributed by atoms with Crippen molar-refractivity contribution in [1.82, 2.24) is 20.4 Å². The van der Waals surface area contributed by atoms with E-state index < -0.39 is 5.60 Å². The number of amides is 2. The Morgan fingerprint density at radius 2 is 1.40 bits per heavy atom. The zero-order valence-corrected chi connectivity index (χ0v) is 20.5. The van der Waals surface area contributed by atoms with Gasteiger partial charge in [0.05, 0.1) is 0 Å². The zero-order chi connectivity index (χ0) is 22.0. The van der Waals surface area contributed by atoms with E-state index in [9.17, 15) is 9.59 Å². The lowest BCUT2D eigenvalue weighted by Gasteiger charge is -2.26. The van der Waals surface area contributed by atoms with Crippen molar-refractivity contribution in [2.45, 2.75) is 39.2 Å². The molecule has 7 nitrogen and oxygen atoms in total. The molecule has 8 heteroatoms. The minimum absolute atomic E-state index is 0.153. The predicted octanol–water partition coefficient (Wildman–Crippen LogP) is 2.94. The highest BCUT2D eigenvalue weighted by Crippen LogP contribution is 2.11. The summed E-state index contributed by atoms with van der Waals surface area (Å²) < 4.78 is 6.45. The van der Waals surface area contributed by atoms with Crippen LogP contribution in [0.25, 0.3) is 0 Å². The molecule has 0 bridgehead atoms. The van der Waals surface area contributed by atoms with Crippen molar-refractivity contribution in [3.05, 3.63) is 33.4 Å². The molecule has 2 aliphatic rings. The lowest BCUT2D eigenvalue weighted by Crippen LogP contribution is -2.38. The Hall–Kier alpha value is -1.39. The van der Waals surface area contributed by atoms with E-state index in [0.29, 0.717) is 0 Å². The van der Waals surface area contributed by atoms with Crippen LogP contribution in [0, 0.1) is 3.57 Å². The van der Waals surface area contributed by atoms with E-state index in [4.69, 9.17) is 4.74 Å². The molecule has 2 amide bonds. The van der Waals surface area contributed by atoms with E-state index >= 15 is 0 Å². The van der Waals surface area contributed by atoms with Crippen molar-refractivity contribution in [1.29, 1.82) is 0 Å². The topological polar surface area (TPSA) is 73.9 Å². The van der Waals surface area contributed by atoms with Crippen LogP contribution < -0.4 is 10.6 Å². The molecule has 2 heterocycles. The largest absolute Gasteiger partial charge is 0.444 e. The van der Waals surface area contributed by atoms with Crippen molar-refractivity contribution in [3.63, 3.8) is 0 Å². The second kappa shape index (κ2) is 12.5. The Labute approximate surface area is 194 Å². The van der Waals surface area contributed by atoms with Crippen LogP contribution in [-0.2, 0) is 4.74 Å². The summed E-state index contributed by atoms with van der Waals surface area (Å²) in [4.78, 5) is 27.5. The molecule has 2 aliphatic heterocycles. The summed E-state index contributed by atoms with van der Waals surface area (Å²) in [5.74, 6) is 0.153. The normalized spacial score (nSPS) is 17.9. The van der Waals surface area contributed by atoms with Crippen molar-refractivity contribution in [2.24, 2.45) is 0 Å². The average molecular weight is 530 g/mol. The van der Waals surface area contributed by atoms with Gasteiger partial charge in [-0.15, -0.1) is 0 Å². The first-order chi connectivity index (χ1) is 14.3. The van der Waals surface area contributed by atoms with Crippen molar-refractivity contribution >= 4 is 34.6 Å². The van der Waals surface area contributed by atoms with Gasteiger partial charge < -0.3 is 25.2 Å². The van der Waals surface area contributed by atoms with Crippen LogP contribution in [0.2, 0.25) is 0 Å². The summed E-state index contributed by atoms with van der Waals surface area (Å²) in [6.07, 6.45) is 1.84. The summed E-state index contributed by atoms with van der Waals surface area (Å²) in [5.41, 5.74) is 0.402. The molecule has 0 atom stereocenters. The fourth-order valence-corrected chi connectivity index (χ4v) is 3.54. The number of halogens is 1. The molecule has 0 spiro atoms. The molecule has 168 valence electrons. The third-order valence-electron chi connectivity index (χ3n) is 4.71. The van der Waals surface area contributed by atoms with Gasteiger partial charge in [-0.2, -0.15) is 0 Å². The monoisotopic (exact) mass is 530 g/mol. The Morgan fingerprint density at radius 3 is 1.97 bits per heavy atom. The summed E-state index contributed by atoms with van der Waals surface area (Å²) in [5, 5.41) is 6.54. The lowest BCUT2D eigenvalue weighted by molar-refractivity contribution is 0.0262. The van der Waals surface area contributed by atoms with E-state index in [1.807, 2.05) is 49.9 Å². The Kier molecular flexibility index (Phi) is 10.3. The smallest absolute Gasteiger partial charge is 0.410 e. The summed E-state index contributed by atoms with van der Waals surface area (Å²) in [6, 6.07) is 7.76. The third-order valence-corrected chi connectivity index (χ3v) is 5.43. The molecule has 0 aromatic heterocycles. The Balaban J connectivity index is 0.000000216. The highest BCUT2D eigenvalue weighted by Gasteiger charge is 2.22. The number of nitrogens with one attached hydrogen (secondary N) is 2. The van der Waals surface area contributed by atoms with Gasteiger partial charge >= 0.3 is 6.09 Å². The van der Waals surface area contributed by atoms with Gasteiger partial charge in [0.2, 0.25) is 0 Å². The van der Waals surface area contributed by atoms with Crippen LogP contribution in [-0.4, -0.2) is 79.8 Å². The first-order valence-electron chi connectivity index (χ1n) is 10.7. The van der Waals surface area contributed by atoms with Crippen molar-refractivity contribution < 1.29 is 14.3 Å². The first-order valence-corrected chi connectivity index (χ1v) is 11.8. The zero-order valence-electron chi connectivity index (χ0n) is 18.4. The summed E-state index contributed by atoms with van der Waals surface area (Å²) >= 11 is 2.25. The molecule has 0 aliphatic carbocycles. The van der Waals surface area contributed by atoms with Crippen LogP contribution in [0.5, 0.6) is 0 Å². The van der Waals surface area contributed by atoms with E-state index in [1.165, 1.54) is 0 Å². The number of rotatable bonds is 1. The fraction of sp³-hybridized carbons (Fsp3) is 0.636. The van der Waals surface area contributed by atoms with E-state index in [-0.39, 0.29) is 12.0 Å².